The third-order valence-electron chi connectivity index (χ3n) is 6.55. The first-order valence-corrected chi connectivity index (χ1v) is 13.1. The molecular weight excluding hydrogens is 440 g/mol. The Labute approximate surface area is 196 Å². The van der Waals surface area contributed by atoms with Crippen molar-refractivity contribution in [1.82, 2.24) is 5.32 Å². The Balaban J connectivity index is 2.25. The summed E-state index contributed by atoms with van der Waals surface area (Å²) in [6.45, 7) is 4.12. The van der Waals surface area contributed by atoms with Crippen LogP contribution in [0.3, 0.4) is 0 Å². The zero-order valence-corrected chi connectivity index (χ0v) is 20.3. The smallest absolute Gasteiger partial charge is 0.320 e. The summed E-state index contributed by atoms with van der Waals surface area (Å²) in [6, 6.07) is 11.6. The Hall–Kier alpha value is -2.42. The zero-order valence-electron chi connectivity index (χ0n) is 19.5. The Morgan fingerprint density at radius 3 is 2.55 bits per heavy atom. The number of hydrogen-bond acceptors (Lipinski definition) is 6. The Kier molecular flexibility index (Phi) is 7.82. The molecule has 0 aliphatic carbocycles. The summed E-state index contributed by atoms with van der Waals surface area (Å²) in [5.74, 6) is -0.743. The second-order valence-corrected chi connectivity index (χ2v) is 10.8. The molecule has 0 saturated carbocycles. The third kappa shape index (κ3) is 5.39. The van der Waals surface area contributed by atoms with Gasteiger partial charge in [0.1, 0.15) is 11.8 Å². The van der Waals surface area contributed by atoms with Crippen LogP contribution >= 0.6 is 0 Å². The zero-order chi connectivity index (χ0) is 24.2. The van der Waals surface area contributed by atoms with Gasteiger partial charge in [0.05, 0.1) is 23.8 Å². The van der Waals surface area contributed by atoms with Crippen LogP contribution in [-0.2, 0) is 21.1 Å². The minimum atomic E-state index is -3.68. The van der Waals surface area contributed by atoms with Crippen molar-refractivity contribution in [2.45, 2.75) is 68.5 Å². The summed E-state index contributed by atoms with van der Waals surface area (Å²) in [5, 5.41) is 13.0. The van der Waals surface area contributed by atoms with Crippen LogP contribution in [0.15, 0.2) is 47.4 Å². The average molecular weight is 475 g/mol. The van der Waals surface area contributed by atoms with Gasteiger partial charge < -0.3 is 15.6 Å². The van der Waals surface area contributed by atoms with Gasteiger partial charge in [-0.1, -0.05) is 57.0 Å². The van der Waals surface area contributed by atoms with Gasteiger partial charge in [-0.15, -0.1) is 0 Å². The van der Waals surface area contributed by atoms with Crippen molar-refractivity contribution in [1.29, 1.82) is 0 Å². The van der Waals surface area contributed by atoms with Crippen molar-refractivity contribution in [3.8, 4) is 5.75 Å². The van der Waals surface area contributed by atoms with Crippen molar-refractivity contribution >= 4 is 15.8 Å². The number of carbonyl (C=O) groups is 1. The van der Waals surface area contributed by atoms with E-state index >= 15 is 0 Å². The second kappa shape index (κ2) is 10.2. The molecule has 0 saturated heterocycles. The van der Waals surface area contributed by atoms with E-state index in [0.717, 1.165) is 24.8 Å². The highest BCUT2D eigenvalue weighted by atomic mass is 32.2. The SMILES string of the molecule is CCCC[C@]1(CC)CS(=O)(=O)c2cc(CC(N)C(=O)O)c(OC)cc2[C@@H](c2ccccc2)N1. The molecule has 1 aliphatic heterocycles. The van der Waals surface area contributed by atoms with Crippen LogP contribution in [0.1, 0.15) is 62.3 Å². The molecule has 0 bridgehead atoms. The Morgan fingerprint density at radius 2 is 1.97 bits per heavy atom. The number of methoxy groups -OCH3 is 1. The molecule has 2 aromatic rings. The Morgan fingerprint density at radius 1 is 1.27 bits per heavy atom. The van der Waals surface area contributed by atoms with Gasteiger partial charge in [0, 0.05) is 12.0 Å². The number of nitrogens with two attached hydrogens (primary N) is 1. The molecule has 0 radical (unpaired) electrons. The van der Waals surface area contributed by atoms with Gasteiger partial charge in [0.2, 0.25) is 0 Å². The average Bonchev–Trinajstić information content (AvgIpc) is 2.90. The standard InChI is InChI=1S/C25H34N2O5S/c1-4-6-12-25(5-2)16-33(30,31)22-14-18(13-20(26)24(28)29)21(32-3)15-19(22)23(27-25)17-10-8-7-9-11-17/h7-11,14-15,20,23,27H,4-6,12-13,16,26H2,1-3H3,(H,28,29)/t20?,23-,25-/m1/s1. The van der Waals surface area contributed by atoms with Crippen LogP contribution in [0.2, 0.25) is 0 Å². The molecule has 1 aliphatic rings. The maximum absolute atomic E-state index is 13.8. The highest BCUT2D eigenvalue weighted by Gasteiger charge is 2.42. The van der Waals surface area contributed by atoms with E-state index in [1.807, 2.05) is 37.3 Å². The van der Waals surface area contributed by atoms with Crippen molar-refractivity contribution in [3.63, 3.8) is 0 Å². The lowest BCUT2D eigenvalue weighted by Gasteiger charge is -2.36. The molecule has 8 heteroatoms. The van der Waals surface area contributed by atoms with Crippen molar-refractivity contribution in [2.24, 2.45) is 5.73 Å². The fraction of sp³-hybridized carbons (Fsp3) is 0.480. The molecule has 0 amide bonds. The van der Waals surface area contributed by atoms with E-state index in [2.05, 4.69) is 12.2 Å². The van der Waals surface area contributed by atoms with E-state index in [-0.39, 0.29) is 23.1 Å². The van der Waals surface area contributed by atoms with Crippen LogP contribution in [0.5, 0.6) is 5.75 Å². The van der Waals surface area contributed by atoms with Crippen LogP contribution in [0.25, 0.3) is 0 Å². The summed E-state index contributed by atoms with van der Waals surface area (Å²) in [6.07, 6.45) is 3.26. The first kappa shape index (κ1) is 25.2. The highest BCUT2D eigenvalue weighted by Crippen LogP contribution is 2.41. The summed E-state index contributed by atoms with van der Waals surface area (Å²) in [7, 11) is -2.19. The molecule has 7 nitrogen and oxygen atoms in total. The third-order valence-corrected chi connectivity index (χ3v) is 8.51. The molecule has 180 valence electrons. The summed E-state index contributed by atoms with van der Waals surface area (Å²) in [4.78, 5) is 11.6. The number of hydrogen-bond donors (Lipinski definition) is 3. The quantitative estimate of drug-likeness (QED) is 0.509. The number of aliphatic carboxylic acids is 1. The fourth-order valence-electron chi connectivity index (χ4n) is 4.60. The number of nitrogens with one attached hydrogen (secondary N) is 1. The van der Waals surface area contributed by atoms with Crippen LogP contribution in [-0.4, -0.2) is 43.9 Å². The van der Waals surface area contributed by atoms with Gasteiger partial charge >= 0.3 is 5.97 Å². The number of ether oxygens (including phenoxy) is 1. The van der Waals surface area contributed by atoms with Crippen molar-refractivity contribution in [2.75, 3.05) is 12.9 Å². The molecule has 3 atom stereocenters. The lowest BCUT2D eigenvalue weighted by molar-refractivity contribution is -0.138. The van der Waals surface area contributed by atoms with Gasteiger partial charge in [-0.25, -0.2) is 8.42 Å². The van der Waals surface area contributed by atoms with E-state index in [4.69, 9.17) is 10.5 Å². The molecule has 1 unspecified atom stereocenters. The van der Waals surface area contributed by atoms with E-state index in [1.54, 1.807) is 12.1 Å². The minimum absolute atomic E-state index is 0.0242. The molecule has 0 fully saturated rings. The minimum Gasteiger partial charge on any atom is -0.496 e. The molecule has 33 heavy (non-hydrogen) atoms. The second-order valence-electron chi connectivity index (χ2n) is 8.84. The molecule has 0 spiro atoms. The van der Waals surface area contributed by atoms with Crippen LogP contribution in [0.4, 0.5) is 0 Å². The number of fused-ring (bicyclic) bond motifs is 1. The first-order valence-electron chi connectivity index (χ1n) is 11.4. The van der Waals surface area contributed by atoms with Gasteiger partial charge in [-0.2, -0.15) is 0 Å². The largest absolute Gasteiger partial charge is 0.496 e. The molecule has 1 heterocycles. The predicted molar refractivity (Wildman–Crippen MR) is 128 cm³/mol. The molecule has 3 rings (SSSR count). The molecule has 4 N–H and O–H groups in total. The van der Waals surface area contributed by atoms with Gasteiger partial charge in [0.15, 0.2) is 9.84 Å². The maximum Gasteiger partial charge on any atom is 0.320 e. The highest BCUT2D eigenvalue weighted by molar-refractivity contribution is 7.91. The Bertz CT molecular complexity index is 1090. The van der Waals surface area contributed by atoms with Crippen LogP contribution < -0.4 is 15.8 Å². The van der Waals surface area contributed by atoms with E-state index in [0.29, 0.717) is 23.3 Å². The summed E-state index contributed by atoms with van der Waals surface area (Å²) < 4.78 is 33.1. The summed E-state index contributed by atoms with van der Waals surface area (Å²) >= 11 is 0. The van der Waals surface area contributed by atoms with Crippen molar-refractivity contribution in [3.05, 3.63) is 59.2 Å². The lowest BCUT2D eigenvalue weighted by atomic mass is 9.87. The van der Waals surface area contributed by atoms with Crippen molar-refractivity contribution < 1.29 is 23.1 Å². The maximum atomic E-state index is 13.8. The predicted octanol–water partition coefficient (Wildman–Crippen LogP) is 3.45. The summed E-state index contributed by atoms with van der Waals surface area (Å²) in [5.41, 5.74) is 7.22. The number of unbranched alkanes of at least 4 members (excludes halogenated alkanes) is 1. The van der Waals surface area contributed by atoms with Gasteiger partial charge in [-0.3, -0.25) is 10.1 Å². The van der Waals surface area contributed by atoms with Gasteiger partial charge in [0.25, 0.3) is 0 Å². The fourth-order valence-corrected chi connectivity index (χ4v) is 6.77. The number of rotatable bonds is 9. The number of carboxylic acid groups (broad SMARTS) is 1. The van der Waals surface area contributed by atoms with E-state index < -0.39 is 27.4 Å². The first-order chi connectivity index (χ1) is 15.7. The number of benzene rings is 2. The van der Waals surface area contributed by atoms with Gasteiger partial charge in [-0.05, 0) is 41.7 Å². The molecule has 0 aromatic heterocycles. The molecular formula is C25H34N2O5S. The van der Waals surface area contributed by atoms with E-state index in [1.165, 1.54) is 7.11 Å². The lowest BCUT2D eigenvalue weighted by Crippen LogP contribution is -2.50. The number of carboxylic acids is 1. The van der Waals surface area contributed by atoms with Crippen LogP contribution in [0, 0.1) is 0 Å². The van der Waals surface area contributed by atoms with E-state index in [9.17, 15) is 18.3 Å². The normalized spacial score (nSPS) is 22.7. The topological polar surface area (TPSA) is 119 Å². The number of sulfone groups is 1. The monoisotopic (exact) mass is 474 g/mol. The molecule has 2 aromatic carbocycles.